The van der Waals surface area contributed by atoms with Gasteiger partial charge in [-0.3, -0.25) is 0 Å². The summed E-state index contributed by atoms with van der Waals surface area (Å²) in [4.78, 5) is 2.34. The smallest absolute Gasteiger partial charge is 0.0414 e. The molecule has 0 aromatic heterocycles. The van der Waals surface area contributed by atoms with E-state index in [9.17, 15) is 0 Å². The third-order valence-electron chi connectivity index (χ3n) is 3.73. The minimum absolute atomic E-state index is 0.132. The fraction of sp³-hybridized carbons (Fsp3) is 0.600. The highest BCUT2D eigenvalue weighted by atomic mass is 15.1. The average molecular weight is 234 g/mol. The van der Waals surface area contributed by atoms with Crippen molar-refractivity contribution in [2.75, 3.05) is 11.9 Å². The third-order valence-corrected chi connectivity index (χ3v) is 3.73. The largest absolute Gasteiger partial charge is 0.371 e. The van der Waals surface area contributed by atoms with Crippen LogP contribution in [0.5, 0.6) is 0 Å². The van der Waals surface area contributed by atoms with Gasteiger partial charge in [0.25, 0.3) is 0 Å². The van der Waals surface area contributed by atoms with E-state index in [0.29, 0.717) is 12.0 Å². The van der Waals surface area contributed by atoms with E-state index in [0.717, 1.165) is 6.42 Å². The fourth-order valence-corrected chi connectivity index (χ4v) is 2.01. The Morgan fingerprint density at radius 2 is 1.76 bits per heavy atom. The van der Waals surface area contributed by atoms with Gasteiger partial charge in [0.1, 0.15) is 0 Å². The van der Waals surface area contributed by atoms with Crippen LogP contribution >= 0.6 is 0 Å². The number of rotatable bonds is 5. The topological polar surface area (TPSA) is 29.3 Å². The van der Waals surface area contributed by atoms with Gasteiger partial charge in [0.15, 0.2) is 0 Å². The molecule has 2 N–H and O–H groups in total. The number of nitrogens with two attached hydrogens (primary N) is 1. The van der Waals surface area contributed by atoms with Crippen LogP contribution in [0, 0.1) is 5.92 Å². The van der Waals surface area contributed by atoms with Gasteiger partial charge in [-0.15, -0.1) is 0 Å². The third kappa shape index (κ3) is 3.22. The second-order valence-corrected chi connectivity index (χ2v) is 5.17. The van der Waals surface area contributed by atoms with Gasteiger partial charge in [0.05, 0.1) is 0 Å². The van der Waals surface area contributed by atoms with Gasteiger partial charge in [0, 0.05) is 24.8 Å². The molecule has 2 nitrogen and oxygen atoms in total. The lowest BCUT2D eigenvalue weighted by atomic mass is 9.99. The quantitative estimate of drug-likeness (QED) is 0.844. The van der Waals surface area contributed by atoms with Gasteiger partial charge in [-0.1, -0.05) is 39.0 Å². The summed E-state index contributed by atoms with van der Waals surface area (Å²) in [6.45, 7) is 8.90. The Kier molecular flexibility index (Phi) is 5.01. The molecule has 0 heterocycles. The zero-order valence-corrected chi connectivity index (χ0v) is 11.8. The molecule has 0 saturated carbocycles. The van der Waals surface area contributed by atoms with Gasteiger partial charge in [-0.2, -0.15) is 0 Å². The Morgan fingerprint density at radius 3 is 2.29 bits per heavy atom. The lowest BCUT2D eigenvalue weighted by Crippen LogP contribution is -2.34. The highest BCUT2D eigenvalue weighted by Crippen LogP contribution is 2.28. The van der Waals surface area contributed by atoms with E-state index in [2.05, 4.69) is 63.9 Å². The summed E-state index contributed by atoms with van der Waals surface area (Å²) in [5.41, 5.74) is 8.70. The molecule has 0 fully saturated rings. The van der Waals surface area contributed by atoms with Crippen LogP contribution in [0.1, 0.15) is 45.7 Å². The Hall–Kier alpha value is -1.02. The van der Waals surface area contributed by atoms with E-state index < -0.39 is 0 Å². The van der Waals surface area contributed by atoms with Crippen molar-refractivity contribution in [3.63, 3.8) is 0 Å². The Balaban J connectivity index is 3.04. The molecule has 1 aromatic rings. The van der Waals surface area contributed by atoms with Crippen LogP contribution in [0.2, 0.25) is 0 Å². The molecule has 96 valence electrons. The van der Waals surface area contributed by atoms with Crippen molar-refractivity contribution in [2.24, 2.45) is 11.7 Å². The van der Waals surface area contributed by atoms with Crippen molar-refractivity contribution in [3.8, 4) is 0 Å². The van der Waals surface area contributed by atoms with Crippen LogP contribution in [-0.4, -0.2) is 13.1 Å². The lowest BCUT2D eigenvalue weighted by Gasteiger charge is -2.32. The summed E-state index contributed by atoms with van der Waals surface area (Å²) in [7, 11) is 2.16. The molecule has 2 atom stereocenters. The van der Waals surface area contributed by atoms with Crippen LogP contribution in [0.3, 0.4) is 0 Å². The minimum atomic E-state index is 0.132. The number of hydrogen-bond donors (Lipinski definition) is 1. The molecule has 1 rings (SSSR count). The average Bonchev–Trinajstić information content (AvgIpc) is 2.35. The SMILES string of the molecule is CCC(N)c1ccccc1N(C)C(C)C(C)C. The lowest BCUT2D eigenvalue weighted by molar-refractivity contribution is 0.503. The van der Waals surface area contributed by atoms with E-state index in [4.69, 9.17) is 5.73 Å². The molecule has 0 spiro atoms. The van der Waals surface area contributed by atoms with Crippen molar-refractivity contribution in [1.29, 1.82) is 0 Å². The second-order valence-electron chi connectivity index (χ2n) is 5.17. The summed E-state index contributed by atoms with van der Waals surface area (Å²) in [6, 6.07) is 9.12. The molecular weight excluding hydrogens is 208 g/mol. The van der Waals surface area contributed by atoms with Crippen molar-refractivity contribution >= 4 is 5.69 Å². The van der Waals surface area contributed by atoms with E-state index in [1.807, 2.05) is 0 Å². The van der Waals surface area contributed by atoms with Crippen molar-refractivity contribution < 1.29 is 0 Å². The first kappa shape index (κ1) is 14.0. The molecule has 1 aromatic carbocycles. The van der Waals surface area contributed by atoms with Crippen LogP contribution in [0.4, 0.5) is 5.69 Å². The maximum atomic E-state index is 6.18. The summed E-state index contributed by atoms with van der Waals surface area (Å²) >= 11 is 0. The first-order valence-electron chi connectivity index (χ1n) is 6.56. The van der Waals surface area contributed by atoms with Crippen molar-refractivity contribution in [3.05, 3.63) is 29.8 Å². The van der Waals surface area contributed by atoms with Crippen LogP contribution in [0.25, 0.3) is 0 Å². The van der Waals surface area contributed by atoms with Gasteiger partial charge in [-0.05, 0) is 30.9 Å². The maximum absolute atomic E-state index is 6.18. The molecule has 17 heavy (non-hydrogen) atoms. The zero-order chi connectivity index (χ0) is 13.0. The summed E-state index contributed by atoms with van der Waals surface area (Å²) in [5.74, 6) is 0.630. The van der Waals surface area contributed by atoms with E-state index >= 15 is 0 Å². The number of anilines is 1. The Bertz CT molecular complexity index is 347. The van der Waals surface area contributed by atoms with Gasteiger partial charge in [0.2, 0.25) is 0 Å². The van der Waals surface area contributed by atoms with E-state index in [-0.39, 0.29) is 6.04 Å². The van der Waals surface area contributed by atoms with Crippen LogP contribution in [-0.2, 0) is 0 Å². The molecule has 0 saturated heterocycles. The summed E-state index contributed by atoms with van der Waals surface area (Å²) in [5, 5.41) is 0. The maximum Gasteiger partial charge on any atom is 0.0414 e. The monoisotopic (exact) mass is 234 g/mol. The normalized spacial score (nSPS) is 14.8. The predicted octanol–water partition coefficient (Wildman–Crippen LogP) is 3.58. The number of para-hydroxylation sites is 1. The first-order chi connectivity index (χ1) is 7.99. The highest BCUT2D eigenvalue weighted by Gasteiger charge is 2.18. The Labute approximate surface area is 106 Å². The minimum Gasteiger partial charge on any atom is -0.371 e. The predicted molar refractivity (Wildman–Crippen MR) is 76.4 cm³/mol. The van der Waals surface area contributed by atoms with Crippen LogP contribution < -0.4 is 10.6 Å². The van der Waals surface area contributed by atoms with Gasteiger partial charge < -0.3 is 10.6 Å². The fourth-order valence-electron chi connectivity index (χ4n) is 2.01. The highest BCUT2D eigenvalue weighted by molar-refractivity contribution is 5.55. The molecule has 2 unspecified atom stereocenters. The summed E-state index contributed by atoms with van der Waals surface area (Å²) < 4.78 is 0. The van der Waals surface area contributed by atoms with E-state index in [1.165, 1.54) is 11.3 Å². The van der Waals surface area contributed by atoms with Crippen LogP contribution in [0.15, 0.2) is 24.3 Å². The number of hydrogen-bond acceptors (Lipinski definition) is 2. The number of nitrogens with zero attached hydrogens (tertiary/aromatic N) is 1. The molecule has 0 aliphatic carbocycles. The zero-order valence-electron chi connectivity index (χ0n) is 11.8. The number of benzene rings is 1. The van der Waals surface area contributed by atoms with E-state index in [1.54, 1.807) is 0 Å². The molecule has 2 heteroatoms. The van der Waals surface area contributed by atoms with Crippen molar-refractivity contribution in [2.45, 2.75) is 46.2 Å². The molecule has 0 bridgehead atoms. The molecule has 0 radical (unpaired) electrons. The molecule has 0 aliphatic heterocycles. The first-order valence-corrected chi connectivity index (χ1v) is 6.56. The Morgan fingerprint density at radius 1 is 1.18 bits per heavy atom. The molecule has 0 aliphatic rings. The molecule has 0 amide bonds. The summed E-state index contributed by atoms with van der Waals surface area (Å²) in [6.07, 6.45) is 0.973. The standard InChI is InChI=1S/C15H26N2/c1-6-14(16)13-9-7-8-10-15(13)17(5)12(4)11(2)3/h7-12,14H,6,16H2,1-5H3. The van der Waals surface area contributed by atoms with Crippen molar-refractivity contribution in [1.82, 2.24) is 0 Å². The van der Waals surface area contributed by atoms with Gasteiger partial charge >= 0.3 is 0 Å². The second kappa shape index (κ2) is 6.06. The van der Waals surface area contributed by atoms with Gasteiger partial charge in [-0.25, -0.2) is 0 Å². The molecular formula is C15H26N2.